The highest BCUT2D eigenvalue weighted by molar-refractivity contribution is 6.29. The number of non-ortho nitro benzene ring substituents is 1. The number of halogens is 1. The average molecular weight is 225 g/mol. The van der Waals surface area contributed by atoms with Gasteiger partial charge in [0, 0.05) is 23.8 Å². The monoisotopic (exact) mass is 224 g/mol. The summed E-state index contributed by atoms with van der Waals surface area (Å²) in [7, 11) is 0. The largest absolute Gasteiger partial charge is 0.344 e. The molecule has 0 radical (unpaired) electrons. The second-order valence-electron chi connectivity index (χ2n) is 2.82. The van der Waals surface area contributed by atoms with E-state index in [9.17, 15) is 10.1 Å². The Hall–Kier alpha value is -1.88. The lowest BCUT2D eigenvalue weighted by molar-refractivity contribution is -0.384. The summed E-state index contributed by atoms with van der Waals surface area (Å²) in [6.45, 7) is 0. The fourth-order valence-corrected chi connectivity index (χ4v) is 1.31. The van der Waals surface area contributed by atoms with E-state index in [0.717, 1.165) is 0 Å². The van der Waals surface area contributed by atoms with E-state index in [1.54, 1.807) is 12.1 Å². The van der Waals surface area contributed by atoms with Gasteiger partial charge in [0.25, 0.3) is 5.69 Å². The van der Waals surface area contributed by atoms with Crippen molar-refractivity contribution in [2.45, 2.75) is 0 Å². The molecule has 0 atom stereocenters. The Morgan fingerprint density at radius 2 is 2.20 bits per heavy atom. The molecule has 0 aliphatic rings. The summed E-state index contributed by atoms with van der Waals surface area (Å²) in [4.78, 5) is 10.1. The predicted molar refractivity (Wildman–Crippen MR) is 53.6 cm³/mol. The molecule has 0 saturated carbocycles. The van der Waals surface area contributed by atoms with Gasteiger partial charge in [-0.2, -0.15) is 0 Å². The molecule has 5 nitrogen and oxygen atoms in total. The van der Waals surface area contributed by atoms with Gasteiger partial charge in [0.2, 0.25) is 5.22 Å². The first kappa shape index (κ1) is 9.67. The summed E-state index contributed by atoms with van der Waals surface area (Å²) < 4.78 is 4.66. The number of hydrogen-bond acceptors (Lipinski definition) is 4. The van der Waals surface area contributed by atoms with E-state index in [0.29, 0.717) is 11.3 Å². The van der Waals surface area contributed by atoms with Gasteiger partial charge >= 0.3 is 0 Å². The maximum atomic E-state index is 10.5. The predicted octanol–water partition coefficient (Wildman–Crippen LogP) is 2.90. The summed E-state index contributed by atoms with van der Waals surface area (Å²) in [5.41, 5.74) is 1.08. The Labute approximate surface area is 89.4 Å². The van der Waals surface area contributed by atoms with Crippen molar-refractivity contribution in [1.82, 2.24) is 5.16 Å². The minimum absolute atomic E-state index is 0.00613. The molecule has 0 saturated heterocycles. The second-order valence-corrected chi connectivity index (χ2v) is 3.20. The number of benzene rings is 1. The molecule has 1 aromatic carbocycles. The normalized spacial score (nSPS) is 10.2. The molecular weight excluding hydrogens is 220 g/mol. The molecule has 76 valence electrons. The van der Waals surface area contributed by atoms with E-state index in [1.165, 1.54) is 18.2 Å². The maximum absolute atomic E-state index is 10.5. The van der Waals surface area contributed by atoms with Crippen molar-refractivity contribution in [3.8, 4) is 11.3 Å². The van der Waals surface area contributed by atoms with Crippen LogP contribution >= 0.6 is 11.6 Å². The Balaban J connectivity index is 2.45. The standard InChI is InChI=1S/C9H5ClN2O3/c10-9-5-8(11-15-9)6-2-1-3-7(4-6)12(13)14/h1-5H. The van der Waals surface area contributed by atoms with Gasteiger partial charge in [0.1, 0.15) is 5.69 Å². The fraction of sp³-hybridized carbons (Fsp3) is 0. The molecule has 15 heavy (non-hydrogen) atoms. The van der Waals surface area contributed by atoms with Crippen LogP contribution in [0.25, 0.3) is 11.3 Å². The third-order valence-electron chi connectivity index (χ3n) is 1.83. The zero-order chi connectivity index (χ0) is 10.8. The zero-order valence-corrected chi connectivity index (χ0v) is 8.14. The lowest BCUT2D eigenvalue weighted by Crippen LogP contribution is -1.87. The quantitative estimate of drug-likeness (QED) is 0.581. The Kier molecular flexibility index (Phi) is 2.39. The number of nitro groups is 1. The third-order valence-corrected chi connectivity index (χ3v) is 2.01. The summed E-state index contributed by atoms with van der Waals surface area (Å²) in [5.74, 6) is 0. The van der Waals surface area contributed by atoms with Crippen LogP contribution in [-0.2, 0) is 0 Å². The highest BCUT2D eigenvalue weighted by atomic mass is 35.5. The minimum atomic E-state index is -0.467. The van der Waals surface area contributed by atoms with Crippen LogP contribution in [0.4, 0.5) is 5.69 Å². The Morgan fingerprint density at radius 3 is 2.80 bits per heavy atom. The van der Waals surface area contributed by atoms with Gasteiger partial charge in [0.15, 0.2) is 0 Å². The van der Waals surface area contributed by atoms with Gasteiger partial charge in [0.05, 0.1) is 4.92 Å². The first-order chi connectivity index (χ1) is 7.16. The molecule has 0 N–H and O–H groups in total. The highest BCUT2D eigenvalue weighted by Gasteiger charge is 2.09. The molecule has 2 rings (SSSR count). The van der Waals surface area contributed by atoms with Crippen molar-refractivity contribution in [1.29, 1.82) is 0 Å². The van der Waals surface area contributed by atoms with Crippen LogP contribution in [0.1, 0.15) is 0 Å². The van der Waals surface area contributed by atoms with E-state index >= 15 is 0 Å². The van der Waals surface area contributed by atoms with Crippen molar-refractivity contribution < 1.29 is 9.45 Å². The first-order valence-electron chi connectivity index (χ1n) is 4.04. The molecule has 1 aromatic heterocycles. The van der Waals surface area contributed by atoms with Gasteiger partial charge in [-0.15, -0.1) is 0 Å². The zero-order valence-electron chi connectivity index (χ0n) is 7.38. The minimum Gasteiger partial charge on any atom is -0.344 e. The van der Waals surface area contributed by atoms with Crippen molar-refractivity contribution in [3.05, 3.63) is 45.7 Å². The first-order valence-corrected chi connectivity index (χ1v) is 4.41. The van der Waals surface area contributed by atoms with Crippen molar-refractivity contribution >= 4 is 17.3 Å². The number of nitro benzene ring substituents is 1. The van der Waals surface area contributed by atoms with Gasteiger partial charge < -0.3 is 4.52 Å². The average Bonchev–Trinajstić information content (AvgIpc) is 2.65. The number of aromatic nitrogens is 1. The van der Waals surface area contributed by atoms with Gasteiger partial charge in [-0.1, -0.05) is 17.3 Å². The fourth-order valence-electron chi connectivity index (χ4n) is 1.17. The molecule has 1 heterocycles. The van der Waals surface area contributed by atoms with Crippen LogP contribution in [0.3, 0.4) is 0 Å². The van der Waals surface area contributed by atoms with Crippen molar-refractivity contribution in [3.63, 3.8) is 0 Å². The van der Waals surface area contributed by atoms with Crippen LogP contribution in [-0.4, -0.2) is 10.1 Å². The van der Waals surface area contributed by atoms with Gasteiger partial charge in [-0.05, 0) is 11.6 Å². The number of nitrogens with zero attached hydrogens (tertiary/aromatic N) is 2. The van der Waals surface area contributed by atoms with E-state index in [-0.39, 0.29) is 10.9 Å². The van der Waals surface area contributed by atoms with E-state index in [2.05, 4.69) is 9.68 Å². The van der Waals surface area contributed by atoms with Crippen molar-refractivity contribution in [2.75, 3.05) is 0 Å². The lowest BCUT2D eigenvalue weighted by Gasteiger charge is -1.94. The molecule has 0 amide bonds. The van der Waals surface area contributed by atoms with Gasteiger partial charge in [-0.3, -0.25) is 10.1 Å². The topological polar surface area (TPSA) is 69.2 Å². The molecule has 0 fully saturated rings. The Morgan fingerprint density at radius 1 is 1.40 bits per heavy atom. The third kappa shape index (κ3) is 1.97. The molecule has 0 unspecified atom stereocenters. The van der Waals surface area contributed by atoms with Gasteiger partial charge in [-0.25, -0.2) is 0 Å². The molecule has 0 aliphatic heterocycles. The van der Waals surface area contributed by atoms with Crippen LogP contribution in [0.15, 0.2) is 34.9 Å². The van der Waals surface area contributed by atoms with E-state index in [4.69, 9.17) is 11.6 Å². The number of hydrogen-bond donors (Lipinski definition) is 0. The molecule has 0 spiro atoms. The molecular formula is C9H5ClN2O3. The highest BCUT2D eigenvalue weighted by Crippen LogP contribution is 2.24. The molecule has 2 aromatic rings. The summed E-state index contributed by atoms with van der Waals surface area (Å²) in [6, 6.07) is 7.59. The molecule has 0 aliphatic carbocycles. The summed E-state index contributed by atoms with van der Waals surface area (Å²) in [5, 5.41) is 14.3. The summed E-state index contributed by atoms with van der Waals surface area (Å²) in [6.07, 6.45) is 0. The van der Waals surface area contributed by atoms with Crippen LogP contribution in [0.5, 0.6) is 0 Å². The molecule has 6 heteroatoms. The van der Waals surface area contributed by atoms with Crippen LogP contribution < -0.4 is 0 Å². The van der Waals surface area contributed by atoms with Crippen molar-refractivity contribution in [2.24, 2.45) is 0 Å². The van der Waals surface area contributed by atoms with E-state index in [1.807, 2.05) is 0 Å². The second kappa shape index (κ2) is 3.70. The smallest absolute Gasteiger partial charge is 0.270 e. The number of rotatable bonds is 2. The molecule has 0 bridgehead atoms. The van der Waals surface area contributed by atoms with E-state index < -0.39 is 4.92 Å². The lowest BCUT2D eigenvalue weighted by atomic mass is 10.1. The van der Waals surface area contributed by atoms with Crippen LogP contribution in [0.2, 0.25) is 5.22 Å². The maximum Gasteiger partial charge on any atom is 0.270 e. The Bertz CT molecular complexity index is 510. The summed E-state index contributed by atoms with van der Waals surface area (Å²) >= 11 is 5.55. The van der Waals surface area contributed by atoms with Crippen LogP contribution in [0, 0.1) is 10.1 Å². The SMILES string of the molecule is O=[N+]([O-])c1cccc(-c2cc(Cl)on2)c1.